The number of rotatable bonds is 7. The molecule has 0 aromatic carbocycles. The molecular weight excluding hydrogens is 324 g/mol. The van der Waals surface area contributed by atoms with Crippen molar-refractivity contribution in [3.05, 3.63) is 12.2 Å². The van der Waals surface area contributed by atoms with Crippen molar-refractivity contribution in [3.8, 4) is 0 Å². The Morgan fingerprint density at radius 1 is 1.12 bits per heavy atom. The third-order valence-corrected chi connectivity index (χ3v) is 5.04. The van der Waals surface area contributed by atoms with Gasteiger partial charge in [-0.05, 0) is 31.6 Å². The van der Waals surface area contributed by atoms with E-state index in [9.17, 15) is 14.7 Å². The Morgan fingerprint density at radius 2 is 1.88 bits per heavy atom. The van der Waals surface area contributed by atoms with Crippen LogP contribution in [-0.2, 0) is 19.1 Å². The van der Waals surface area contributed by atoms with Crippen molar-refractivity contribution in [1.82, 2.24) is 10.6 Å². The van der Waals surface area contributed by atoms with Crippen LogP contribution in [0.15, 0.2) is 12.2 Å². The number of amides is 2. The lowest BCUT2D eigenvalue weighted by Gasteiger charge is -2.33. The summed E-state index contributed by atoms with van der Waals surface area (Å²) in [5.74, 6) is 0.526. The molecule has 1 saturated carbocycles. The highest BCUT2D eigenvalue weighted by atomic mass is 16.5. The molecule has 0 bridgehead atoms. The zero-order chi connectivity index (χ0) is 17.6. The summed E-state index contributed by atoms with van der Waals surface area (Å²) in [5, 5.41) is 15.4. The molecule has 0 spiro atoms. The first-order valence-electron chi connectivity index (χ1n) is 9.25. The van der Waals surface area contributed by atoms with E-state index in [-0.39, 0.29) is 42.9 Å². The van der Waals surface area contributed by atoms with E-state index in [1.165, 1.54) is 12.8 Å². The Bertz CT molecular complexity index is 500. The number of hydrogen-bond acceptors (Lipinski definition) is 5. The molecule has 0 radical (unpaired) electrons. The topological polar surface area (TPSA) is 96.9 Å². The number of aliphatic hydroxyl groups excluding tert-OH is 1. The summed E-state index contributed by atoms with van der Waals surface area (Å²) in [5.41, 5.74) is 0. The number of carbonyl (C=O) groups is 2. The fraction of sp³-hybridized carbons (Fsp3) is 0.778. The largest absolute Gasteiger partial charge is 0.394 e. The molecule has 7 nitrogen and oxygen atoms in total. The van der Waals surface area contributed by atoms with E-state index < -0.39 is 6.10 Å². The van der Waals surface area contributed by atoms with Gasteiger partial charge in [0, 0.05) is 25.7 Å². The van der Waals surface area contributed by atoms with E-state index in [1.807, 2.05) is 6.08 Å². The van der Waals surface area contributed by atoms with Gasteiger partial charge in [0.1, 0.15) is 6.10 Å². The smallest absolute Gasteiger partial charge is 0.223 e. The molecule has 140 valence electrons. The number of ether oxygens (including phenoxy) is 2. The minimum Gasteiger partial charge on any atom is -0.394 e. The fourth-order valence-electron chi connectivity index (χ4n) is 3.21. The summed E-state index contributed by atoms with van der Waals surface area (Å²) >= 11 is 0. The molecule has 2 aliphatic heterocycles. The third-order valence-electron chi connectivity index (χ3n) is 5.04. The van der Waals surface area contributed by atoms with E-state index in [1.54, 1.807) is 6.08 Å². The van der Waals surface area contributed by atoms with Gasteiger partial charge in [-0.15, -0.1) is 0 Å². The van der Waals surface area contributed by atoms with E-state index >= 15 is 0 Å². The van der Waals surface area contributed by atoms with Crippen LogP contribution in [0.25, 0.3) is 0 Å². The van der Waals surface area contributed by atoms with Gasteiger partial charge in [-0.3, -0.25) is 9.59 Å². The minimum absolute atomic E-state index is 0.0272. The van der Waals surface area contributed by atoms with Crippen molar-refractivity contribution in [2.45, 2.75) is 50.4 Å². The lowest BCUT2D eigenvalue weighted by atomic mass is 9.97. The second-order valence-corrected chi connectivity index (χ2v) is 7.15. The van der Waals surface area contributed by atoms with Crippen molar-refractivity contribution in [1.29, 1.82) is 0 Å². The maximum absolute atomic E-state index is 12.3. The Morgan fingerprint density at radius 3 is 2.56 bits per heavy atom. The SMILES string of the molecule is O=C(C[C@H]1C=C[C@@H](NC(=O)C2CCOCC2)[C@H](CO)O1)NCC1CC1. The highest BCUT2D eigenvalue weighted by molar-refractivity contribution is 5.79. The molecule has 1 aliphatic carbocycles. The molecule has 3 N–H and O–H groups in total. The van der Waals surface area contributed by atoms with Crippen LogP contribution in [-0.4, -0.2) is 61.5 Å². The monoisotopic (exact) mass is 352 g/mol. The lowest BCUT2D eigenvalue weighted by Crippen LogP contribution is -2.50. The van der Waals surface area contributed by atoms with Crippen molar-refractivity contribution in [2.24, 2.45) is 11.8 Å². The van der Waals surface area contributed by atoms with Gasteiger partial charge in [0.25, 0.3) is 0 Å². The average molecular weight is 352 g/mol. The van der Waals surface area contributed by atoms with E-state index in [4.69, 9.17) is 9.47 Å². The molecule has 2 heterocycles. The number of aliphatic hydroxyl groups is 1. The highest BCUT2D eigenvalue weighted by Gasteiger charge is 2.31. The van der Waals surface area contributed by atoms with Crippen molar-refractivity contribution >= 4 is 11.8 Å². The molecule has 0 unspecified atom stereocenters. The van der Waals surface area contributed by atoms with E-state index in [2.05, 4.69) is 10.6 Å². The molecular formula is C18H28N2O5. The van der Waals surface area contributed by atoms with E-state index in [0.29, 0.717) is 19.1 Å². The van der Waals surface area contributed by atoms with Gasteiger partial charge in [-0.25, -0.2) is 0 Å². The first-order chi connectivity index (χ1) is 12.2. The summed E-state index contributed by atoms with van der Waals surface area (Å²) < 4.78 is 11.1. The number of hydrogen-bond donors (Lipinski definition) is 3. The average Bonchev–Trinajstić information content (AvgIpc) is 3.46. The molecule has 1 saturated heterocycles. The number of carbonyl (C=O) groups excluding carboxylic acids is 2. The Balaban J connectivity index is 1.47. The van der Waals surface area contributed by atoms with Crippen molar-refractivity contribution in [2.75, 3.05) is 26.4 Å². The van der Waals surface area contributed by atoms with Gasteiger partial charge in [0.05, 0.1) is 25.2 Å². The first kappa shape index (κ1) is 18.4. The fourth-order valence-corrected chi connectivity index (χ4v) is 3.21. The molecule has 3 rings (SSSR count). The van der Waals surface area contributed by atoms with Crippen molar-refractivity contribution < 1.29 is 24.2 Å². The molecule has 0 aromatic heterocycles. The van der Waals surface area contributed by atoms with Crippen LogP contribution < -0.4 is 10.6 Å². The second kappa shape index (κ2) is 8.78. The third kappa shape index (κ3) is 5.52. The maximum atomic E-state index is 12.3. The molecule has 3 atom stereocenters. The zero-order valence-corrected chi connectivity index (χ0v) is 14.5. The summed E-state index contributed by atoms with van der Waals surface area (Å²) in [6.07, 6.45) is 6.80. The quantitative estimate of drug-likeness (QED) is 0.566. The Labute approximate surface area is 148 Å². The molecule has 25 heavy (non-hydrogen) atoms. The normalized spacial score (nSPS) is 30.0. The predicted molar refractivity (Wildman–Crippen MR) is 90.7 cm³/mol. The summed E-state index contributed by atoms with van der Waals surface area (Å²) in [7, 11) is 0. The van der Waals surface area contributed by atoms with Gasteiger partial charge in [0.2, 0.25) is 11.8 Å². The van der Waals surface area contributed by atoms with Gasteiger partial charge >= 0.3 is 0 Å². The number of nitrogens with one attached hydrogen (secondary N) is 2. The standard InChI is InChI=1S/C18H28N2O5/c21-11-16-15(20-18(23)13-5-7-24-8-6-13)4-3-14(25-16)9-17(22)19-10-12-1-2-12/h3-4,12-16,21H,1-2,5-11H2,(H,19,22)(H,20,23)/t14-,15-,16+/m1/s1. The van der Waals surface area contributed by atoms with Gasteiger partial charge in [-0.1, -0.05) is 12.2 Å². The van der Waals surface area contributed by atoms with Crippen LogP contribution in [0.1, 0.15) is 32.1 Å². The molecule has 3 aliphatic rings. The summed E-state index contributed by atoms with van der Waals surface area (Å²) in [6, 6.07) is -0.369. The zero-order valence-electron chi connectivity index (χ0n) is 14.5. The van der Waals surface area contributed by atoms with Crippen LogP contribution in [0.2, 0.25) is 0 Å². The van der Waals surface area contributed by atoms with Gasteiger partial charge in [0.15, 0.2) is 0 Å². The van der Waals surface area contributed by atoms with Crippen LogP contribution in [0.3, 0.4) is 0 Å². The lowest BCUT2D eigenvalue weighted by molar-refractivity contribution is -0.132. The first-order valence-corrected chi connectivity index (χ1v) is 9.25. The summed E-state index contributed by atoms with van der Waals surface area (Å²) in [6.45, 7) is 1.75. The van der Waals surface area contributed by atoms with Gasteiger partial charge in [-0.2, -0.15) is 0 Å². The van der Waals surface area contributed by atoms with Crippen LogP contribution in [0.5, 0.6) is 0 Å². The predicted octanol–water partition coefficient (Wildman–Crippen LogP) is 0.130. The highest BCUT2D eigenvalue weighted by Crippen LogP contribution is 2.27. The summed E-state index contributed by atoms with van der Waals surface area (Å²) in [4.78, 5) is 24.3. The minimum atomic E-state index is -0.532. The van der Waals surface area contributed by atoms with Crippen LogP contribution in [0, 0.1) is 11.8 Å². The molecule has 2 fully saturated rings. The van der Waals surface area contributed by atoms with Crippen molar-refractivity contribution in [3.63, 3.8) is 0 Å². The Kier molecular flexibility index (Phi) is 6.45. The van der Waals surface area contributed by atoms with E-state index in [0.717, 1.165) is 19.4 Å². The Hall–Kier alpha value is -1.44. The molecule has 2 amide bonds. The molecule has 0 aromatic rings. The van der Waals surface area contributed by atoms with Gasteiger partial charge < -0.3 is 25.2 Å². The molecule has 7 heteroatoms. The second-order valence-electron chi connectivity index (χ2n) is 7.15. The maximum Gasteiger partial charge on any atom is 0.223 e. The van der Waals surface area contributed by atoms with Crippen LogP contribution >= 0.6 is 0 Å². The van der Waals surface area contributed by atoms with Crippen LogP contribution in [0.4, 0.5) is 0 Å².